The number of hydrogen-bond acceptors (Lipinski definition) is 5. The summed E-state index contributed by atoms with van der Waals surface area (Å²) in [6.07, 6.45) is 5.64. The van der Waals surface area contributed by atoms with Crippen molar-refractivity contribution in [3.63, 3.8) is 0 Å². The Balaban J connectivity index is 1.59. The number of unbranched alkanes of at least 4 members (excludes halogenated alkanes) is 3. The largest absolute Gasteiger partial charge is 0.373 e. The second kappa shape index (κ2) is 12.1. The molecule has 3 atom stereocenters. The summed E-state index contributed by atoms with van der Waals surface area (Å²) in [6.45, 7) is 8.17. The zero-order chi connectivity index (χ0) is 24.7. The molecule has 0 bridgehead atoms. The maximum atomic E-state index is 13.1. The number of rotatable bonds is 9. The Kier molecular flexibility index (Phi) is 9.50. The summed E-state index contributed by atoms with van der Waals surface area (Å²) < 4.78 is 33.2. The summed E-state index contributed by atoms with van der Waals surface area (Å²) in [5.41, 5.74) is 0.434. The van der Waals surface area contributed by atoms with Crippen molar-refractivity contribution in [3.8, 4) is 0 Å². The highest BCUT2D eigenvalue weighted by Gasteiger charge is 2.33. The molecular weight excluding hydrogens is 454 g/mol. The molecule has 2 aliphatic heterocycles. The third-order valence-electron chi connectivity index (χ3n) is 6.53. The lowest BCUT2D eigenvalue weighted by Gasteiger charge is -2.34. The molecule has 2 heterocycles. The first-order valence-electron chi connectivity index (χ1n) is 12.5. The number of nitrogens with one attached hydrogen (secondary N) is 1. The van der Waals surface area contributed by atoms with Crippen LogP contribution in [0.1, 0.15) is 69.7 Å². The summed E-state index contributed by atoms with van der Waals surface area (Å²) in [7, 11) is -3.65. The lowest BCUT2D eigenvalue weighted by Crippen LogP contribution is -2.48. The van der Waals surface area contributed by atoms with Crippen molar-refractivity contribution in [1.82, 2.24) is 14.5 Å². The Morgan fingerprint density at radius 3 is 2.35 bits per heavy atom. The summed E-state index contributed by atoms with van der Waals surface area (Å²) in [5.74, 6) is -0.351. The number of hydrogen-bond donors (Lipinski definition) is 1. The first-order valence-corrected chi connectivity index (χ1v) is 14.0. The Morgan fingerprint density at radius 2 is 1.71 bits per heavy atom. The molecule has 0 aromatic heterocycles. The van der Waals surface area contributed by atoms with Gasteiger partial charge in [0.2, 0.25) is 15.9 Å². The Bertz CT molecular complexity index is 924. The number of ether oxygens (including phenoxy) is 1. The molecule has 1 aromatic carbocycles. The van der Waals surface area contributed by atoms with E-state index in [1.807, 2.05) is 13.8 Å². The minimum atomic E-state index is -3.65. The quantitative estimate of drug-likeness (QED) is 0.534. The van der Waals surface area contributed by atoms with Crippen LogP contribution >= 0.6 is 0 Å². The third-order valence-corrected chi connectivity index (χ3v) is 8.38. The van der Waals surface area contributed by atoms with Gasteiger partial charge < -0.3 is 15.0 Å². The smallest absolute Gasteiger partial charge is 0.253 e. The minimum Gasteiger partial charge on any atom is -0.373 e. The summed E-state index contributed by atoms with van der Waals surface area (Å²) >= 11 is 0. The molecule has 8 nitrogen and oxygen atoms in total. The van der Waals surface area contributed by atoms with Crippen molar-refractivity contribution >= 4 is 21.8 Å². The molecule has 190 valence electrons. The summed E-state index contributed by atoms with van der Waals surface area (Å²) in [5, 5.41) is 3.01. The topological polar surface area (TPSA) is 96.0 Å². The minimum absolute atomic E-state index is 0.0180. The highest BCUT2D eigenvalue weighted by Crippen LogP contribution is 2.23. The molecule has 3 rings (SSSR count). The lowest BCUT2D eigenvalue weighted by atomic mass is 9.96. The normalized spacial score (nSPS) is 24.1. The number of piperidine rings is 1. The Labute approximate surface area is 204 Å². The third kappa shape index (κ3) is 6.79. The van der Waals surface area contributed by atoms with Gasteiger partial charge in [-0.25, -0.2) is 8.42 Å². The van der Waals surface area contributed by atoms with Gasteiger partial charge >= 0.3 is 0 Å². The molecule has 0 unspecified atom stereocenters. The van der Waals surface area contributed by atoms with Crippen LogP contribution in [0.2, 0.25) is 0 Å². The number of amides is 2. The van der Waals surface area contributed by atoms with Crippen LogP contribution < -0.4 is 5.32 Å². The molecule has 0 radical (unpaired) electrons. The van der Waals surface area contributed by atoms with Gasteiger partial charge in [0.15, 0.2) is 0 Å². The maximum absolute atomic E-state index is 13.1. The van der Waals surface area contributed by atoms with Gasteiger partial charge in [-0.15, -0.1) is 0 Å². The van der Waals surface area contributed by atoms with E-state index in [0.29, 0.717) is 38.3 Å². The van der Waals surface area contributed by atoms with Crippen molar-refractivity contribution < 1.29 is 22.7 Å². The van der Waals surface area contributed by atoms with Crippen LogP contribution in [0.25, 0.3) is 0 Å². The van der Waals surface area contributed by atoms with Crippen LogP contribution in [-0.2, 0) is 19.6 Å². The lowest BCUT2D eigenvalue weighted by molar-refractivity contribution is -0.126. The standard InChI is InChI=1S/C25H39N3O5S/c1-4-5-6-7-14-26-24(29)22-9-8-15-27(18-22)25(30)21-10-12-23(13-11-21)34(31,32)28-16-19(2)33-20(3)17-28/h10-13,19-20,22H,4-9,14-18H2,1-3H3,(H,26,29)/t19-,20-,22+/m0/s1. The fourth-order valence-electron chi connectivity index (χ4n) is 4.71. The number of morpholine rings is 1. The average molecular weight is 494 g/mol. The predicted molar refractivity (Wildman–Crippen MR) is 131 cm³/mol. The van der Waals surface area contributed by atoms with Crippen molar-refractivity contribution in [2.24, 2.45) is 5.92 Å². The van der Waals surface area contributed by atoms with Crippen LogP contribution in [0, 0.1) is 5.92 Å². The van der Waals surface area contributed by atoms with Crippen LogP contribution in [-0.4, -0.2) is 74.4 Å². The van der Waals surface area contributed by atoms with Gasteiger partial charge in [-0.1, -0.05) is 26.2 Å². The highest BCUT2D eigenvalue weighted by molar-refractivity contribution is 7.89. The van der Waals surface area contributed by atoms with Gasteiger partial charge in [0, 0.05) is 38.3 Å². The van der Waals surface area contributed by atoms with Gasteiger partial charge in [0.25, 0.3) is 5.91 Å². The van der Waals surface area contributed by atoms with Gasteiger partial charge in [0.1, 0.15) is 0 Å². The van der Waals surface area contributed by atoms with E-state index in [4.69, 9.17) is 4.74 Å². The van der Waals surface area contributed by atoms with Gasteiger partial charge in [-0.3, -0.25) is 9.59 Å². The Morgan fingerprint density at radius 1 is 1.03 bits per heavy atom. The van der Waals surface area contributed by atoms with Crippen molar-refractivity contribution in [1.29, 1.82) is 0 Å². The first kappa shape index (κ1) is 26.6. The van der Waals surface area contributed by atoms with Crippen molar-refractivity contribution in [3.05, 3.63) is 29.8 Å². The molecule has 0 saturated carbocycles. The van der Waals surface area contributed by atoms with Crippen LogP contribution in [0.15, 0.2) is 29.2 Å². The highest BCUT2D eigenvalue weighted by atomic mass is 32.2. The molecular formula is C25H39N3O5S. The average Bonchev–Trinajstić information content (AvgIpc) is 2.83. The molecule has 2 aliphatic rings. The molecule has 2 amide bonds. The van der Waals surface area contributed by atoms with E-state index in [-0.39, 0.29) is 34.8 Å². The van der Waals surface area contributed by atoms with Gasteiger partial charge in [0.05, 0.1) is 23.0 Å². The maximum Gasteiger partial charge on any atom is 0.253 e. The van der Waals surface area contributed by atoms with E-state index < -0.39 is 10.0 Å². The molecule has 1 N–H and O–H groups in total. The van der Waals surface area contributed by atoms with E-state index in [1.165, 1.54) is 22.9 Å². The molecule has 2 fully saturated rings. The number of carbonyl (C=O) groups is 2. The SMILES string of the molecule is CCCCCCNC(=O)[C@@H]1CCCN(C(=O)c2ccc(S(=O)(=O)N3C[C@H](C)O[C@@H](C)C3)cc2)C1. The second-order valence-corrected chi connectivity index (χ2v) is 11.5. The number of nitrogens with zero attached hydrogens (tertiary/aromatic N) is 2. The fourth-order valence-corrected chi connectivity index (χ4v) is 6.30. The fraction of sp³-hybridized carbons (Fsp3) is 0.680. The molecule has 1 aromatic rings. The first-order chi connectivity index (χ1) is 16.2. The number of sulfonamides is 1. The summed E-state index contributed by atoms with van der Waals surface area (Å²) in [4.78, 5) is 27.5. The van der Waals surface area contributed by atoms with Gasteiger partial charge in [-0.05, 0) is 57.4 Å². The predicted octanol–water partition coefficient (Wildman–Crippen LogP) is 3.03. The summed E-state index contributed by atoms with van der Waals surface area (Å²) in [6, 6.07) is 6.13. The van der Waals surface area contributed by atoms with E-state index in [1.54, 1.807) is 17.0 Å². The zero-order valence-electron chi connectivity index (χ0n) is 20.7. The van der Waals surface area contributed by atoms with Crippen molar-refractivity contribution in [2.45, 2.75) is 76.4 Å². The molecule has 0 aliphatic carbocycles. The Hall–Kier alpha value is -1.97. The molecule has 0 spiro atoms. The van der Waals surface area contributed by atoms with Crippen LogP contribution in [0.4, 0.5) is 0 Å². The van der Waals surface area contributed by atoms with Crippen LogP contribution in [0.3, 0.4) is 0 Å². The second-order valence-electron chi connectivity index (χ2n) is 9.55. The number of benzene rings is 1. The number of carbonyl (C=O) groups excluding carboxylic acids is 2. The van der Waals surface area contributed by atoms with E-state index in [0.717, 1.165) is 32.1 Å². The van der Waals surface area contributed by atoms with E-state index in [9.17, 15) is 18.0 Å². The monoisotopic (exact) mass is 493 g/mol. The molecule has 9 heteroatoms. The van der Waals surface area contributed by atoms with Gasteiger partial charge in [-0.2, -0.15) is 4.31 Å². The van der Waals surface area contributed by atoms with E-state index in [2.05, 4.69) is 12.2 Å². The zero-order valence-corrected chi connectivity index (χ0v) is 21.5. The van der Waals surface area contributed by atoms with Crippen molar-refractivity contribution in [2.75, 3.05) is 32.7 Å². The van der Waals surface area contributed by atoms with Crippen LogP contribution in [0.5, 0.6) is 0 Å². The van der Waals surface area contributed by atoms with E-state index >= 15 is 0 Å². The molecule has 34 heavy (non-hydrogen) atoms. The molecule has 2 saturated heterocycles. The number of likely N-dealkylation sites (tertiary alicyclic amines) is 1.